The Hall–Kier alpha value is -1.60. The second-order valence-corrected chi connectivity index (χ2v) is 9.17. The Morgan fingerprint density at radius 1 is 1.23 bits per heavy atom. The Bertz CT molecular complexity index is 814. The van der Waals surface area contributed by atoms with E-state index in [-0.39, 0.29) is 6.10 Å². The van der Waals surface area contributed by atoms with E-state index in [0.29, 0.717) is 17.6 Å². The summed E-state index contributed by atoms with van der Waals surface area (Å²) >= 11 is 3.73. The van der Waals surface area contributed by atoms with E-state index < -0.39 is 5.66 Å². The van der Waals surface area contributed by atoms with Crippen LogP contribution in [0.1, 0.15) is 65.3 Å². The van der Waals surface area contributed by atoms with E-state index in [1.54, 1.807) is 0 Å². The van der Waals surface area contributed by atoms with E-state index in [1.807, 2.05) is 7.05 Å². The summed E-state index contributed by atoms with van der Waals surface area (Å²) in [4.78, 5) is 12.5. The highest BCUT2D eigenvalue weighted by atomic mass is 79.9. The summed E-state index contributed by atoms with van der Waals surface area (Å²) in [7, 11) is 1.88. The van der Waals surface area contributed by atoms with Crippen molar-refractivity contribution in [3.8, 4) is 5.88 Å². The molecule has 6 nitrogen and oxygen atoms in total. The van der Waals surface area contributed by atoms with Crippen LogP contribution in [0.2, 0.25) is 0 Å². The summed E-state index contributed by atoms with van der Waals surface area (Å²) in [6.07, 6.45) is 8.42. The fraction of sp³-hybridized carbons (Fsp3) is 0.652. The monoisotopic (exact) mass is 477 g/mol. The largest absolute Gasteiger partial charge is 0.472 e. The van der Waals surface area contributed by atoms with Crippen LogP contribution in [0.4, 0.5) is 5.82 Å². The molecule has 0 amide bonds. The average molecular weight is 478 g/mol. The molecule has 3 rings (SSSR count). The van der Waals surface area contributed by atoms with Crippen molar-refractivity contribution in [3.05, 3.63) is 33.7 Å². The van der Waals surface area contributed by atoms with E-state index in [0.717, 1.165) is 48.2 Å². The van der Waals surface area contributed by atoms with Crippen LogP contribution in [0.3, 0.4) is 0 Å². The van der Waals surface area contributed by atoms with Crippen LogP contribution in [-0.4, -0.2) is 41.1 Å². The Kier molecular flexibility index (Phi) is 7.45. The number of allylic oxidation sites excluding steroid dienone is 3. The number of hydrogen-bond donors (Lipinski definition) is 2. The second kappa shape index (κ2) is 9.69. The van der Waals surface area contributed by atoms with Gasteiger partial charge < -0.3 is 15.4 Å². The first-order chi connectivity index (χ1) is 14.4. The highest BCUT2D eigenvalue weighted by Gasteiger charge is 2.45. The SMILES string of the molecule is CCc1nc(OC(CC)CC)c(NC)nc1C1(N2CCC2)C=CC(Br)=C(C(C)C)N1. The van der Waals surface area contributed by atoms with Crippen LogP contribution in [0.15, 0.2) is 22.3 Å². The van der Waals surface area contributed by atoms with Crippen molar-refractivity contribution in [1.82, 2.24) is 20.2 Å². The number of dihydropyridines is 1. The molecule has 0 saturated carbocycles. The predicted octanol–water partition coefficient (Wildman–Crippen LogP) is 4.93. The van der Waals surface area contributed by atoms with Gasteiger partial charge in [0.2, 0.25) is 0 Å². The summed E-state index contributed by atoms with van der Waals surface area (Å²) < 4.78 is 7.32. The molecule has 0 radical (unpaired) electrons. The number of aromatic nitrogens is 2. The molecular weight excluding hydrogens is 442 g/mol. The molecule has 30 heavy (non-hydrogen) atoms. The Balaban J connectivity index is 2.12. The highest BCUT2D eigenvalue weighted by Crippen LogP contribution is 2.40. The zero-order valence-corrected chi connectivity index (χ0v) is 20.8. The van der Waals surface area contributed by atoms with Crippen molar-refractivity contribution in [1.29, 1.82) is 0 Å². The third-order valence-corrected chi connectivity index (χ3v) is 6.73. The molecule has 7 heteroatoms. The molecule has 2 aliphatic heterocycles. The van der Waals surface area contributed by atoms with Crippen LogP contribution in [0, 0.1) is 5.92 Å². The number of nitrogens with zero attached hydrogens (tertiary/aromatic N) is 3. The van der Waals surface area contributed by atoms with E-state index in [2.05, 4.69) is 78.2 Å². The standard InChI is InChI=1S/C23H36BrN5O/c1-7-16(8-2)30-22-21(25-6)27-20(18(9-3)26-22)23(29-13-10-14-29)12-11-17(24)19(28-23)15(4)5/h11-12,15-16,28H,7-10,13-14H2,1-6H3,(H,25,27). The van der Waals surface area contributed by atoms with Gasteiger partial charge in [-0.1, -0.05) is 34.6 Å². The Morgan fingerprint density at radius 2 is 1.93 bits per heavy atom. The number of rotatable bonds is 9. The fourth-order valence-corrected chi connectivity index (χ4v) is 4.70. The average Bonchev–Trinajstić information content (AvgIpc) is 2.71. The maximum absolute atomic E-state index is 6.22. The van der Waals surface area contributed by atoms with Gasteiger partial charge in [-0.25, -0.2) is 9.97 Å². The third kappa shape index (κ3) is 4.24. The first-order valence-corrected chi connectivity index (χ1v) is 12.1. The van der Waals surface area contributed by atoms with Crippen molar-refractivity contribution < 1.29 is 4.74 Å². The molecule has 1 fully saturated rings. The second-order valence-electron chi connectivity index (χ2n) is 8.31. The zero-order chi connectivity index (χ0) is 21.9. The zero-order valence-electron chi connectivity index (χ0n) is 19.2. The van der Waals surface area contributed by atoms with Crippen molar-refractivity contribution in [3.63, 3.8) is 0 Å². The van der Waals surface area contributed by atoms with Gasteiger partial charge in [0.25, 0.3) is 5.88 Å². The molecule has 0 bridgehead atoms. The van der Waals surface area contributed by atoms with Crippen LogP contribution in [-0.2, 0) is 12.1 Å². The molecule has 1 atom stereocenters. The fourth-order valence-electron chi connectivity index (χ4n) is 4.01. The summed E-state index contributed by atoms with van der Waals surface area (Å²) in [6, 6.07) is 0. The quantitative estimate of drug-likeness (QED) is 0.525. The lowest BCUT2D eigenvalue weighted by atomic mass is 9.91. The number of hydrogen-bond acceptors (Lipinski definition) is 6. The number of ether oxygens (including phenoxy) is 1. The maximum Gasteiger partial charge on any atom is 0.257 e. The smallest absolute Gasteiger partial charge is 0.257 e. The van der Waals surface area contributed by atoms with E-state index in [1.165, 1.54) is 12.1 Å². The molecule has 2 aliphatic rings. The molecule has 1 aromatic heterocycles. The number of halogens is 1. The van der Waals surface area contributed by atoms with Crippen LogP contribution < -0.4 is 15.4 Å². The number of anilines is 1. The van der Waals surface area contributed by atoms with Gasteiger partial charge in [-0.05, 0) is 59.7 Å². The van der Waals surface area contributed by atoms with Gasteiger partial charge in [0.15, 0.2) is 11.5 Å². The Morgan fingerprint density at radius 3 is 2.43 bits per heavy atom. The summed E-state index contributed by atoms with van der Waals surface area (Å²) in [6.45, 7) is 12.9. The molecule has 3 heterocycles. The van der Waals surface area contributed by atoms with Gasteiger partial charge >= 0.3 is 0 Å². The van der Waals surface area contributed by atoms with Crippen LogP contribution in [0.5, 0.6) is 5.88 Å². The summed E-state index contributed by atoms with van der Waals surface area (Å²) in [5.41, 5.74) is 2.63. The lowest BCUT2D eigenvalue weighted by Crippen LogP contribution is -2.61. The van der Waals surface area contributed by atoms with Crippen molar-refractivity contribution in [2.24, 2.45) is 5.92 Å². The van der Waals surface area contributed by atoms with Gasteiger partial charge in [0.1, 0.15) is 11.8 Å². The van der Waals surface area contributed by atoms with Crippen LogP contribution in [0.25, 0.3) is 0 Å². The molecule has 1 saturated heterocycles. The molecule has 0 aromatic carbocycles. The summed E-state index contributed by atoms with van der Waals surface area (Å²) in [5.74, 6) is 1.67. The van der Waals surface area contributed by atoms with Gasteiger partial charge in [-0.15, -0.1) is 0 Å². The van der Waals surface area contributed by atoms with Gasteiger partial charge in [-0.2, -0.15) is 0 Å². The predicted molar refractivity (Wildman–Crippen MR) is 127 cm³/mol. The lowest BCUT2D eigenvalue weighted by Gasteiger charge is -2.50. The normalized spacial score (nSPS) is 21.8. The molecule has 2 N–H and O–H groups in total. The molecule has 1 unspecified atom stereocenters. The minimum Gasteiger partial charge on any atom is -0.472 e. The van der Waals surface area contributed by atoms with E-state index >= 15 is 0 Å². The summed E-state index contributed by atoms with van der Waals surface area (Å²) in [5, 5.41) is 7.07. The number of aryl methyl sites for hydroxylation is 1. The highest BCUT2D eigenvalue weighted by molar-refractivity contribution is 9.11. The molecule has 1 aromatic rings. The minimum absolute atomic E-state index is 0.144. The maximum atomic E-state index is 6.22. The molecular formula is C23H36BrN5O. The molecule has 166 valence electrons. The van der Waals surface area contributed by atoms with Crippen molar-refractivity contribution in [2.75, 3.05) is 25.5 Å². The van der Waals surface area contributed by atoms with Gasteiger partial charge in [-0.3, -0.25) is 4.90 Å². The van der Waals surface area contributed by atoms with E-state index in [9.17, 15) is 0 Å². The van der Waals surface area contributed by atoms with E-state index in [4.69, 9.17) is 14.7 Å². The minimum atomic E-state index is -0.494. The van der Waals surface area contributed by atoms with Gasteiger partial charge in [0, 0.05) is 30.3 Å². The van der Waals surface area contributed by atoms with Crippen molar-refractivity contribution >= 4 is 21.7 Å². The van der Waals surface area contributed by atoms with Gasteiger partial charge in [0.05, 0.1) is 5.69 Å². The topological polar surface area (TPSA) is 62.3 Å². The first-order valence-electron chi connectivity index (χ1n) is 11.3. The Labute approximate surface area is 189 Å². The third-order valence-electron chi connectivity index (χ3n) is 6.04. The van der Waals surface area contributed by atoms with Crippen molar-refractivity contribution in [2.45, 2.75) is 72.1 Å². The number of nitrogens with one attached hydrogen (secondary N) is 2. The lowest BCUT2D eigenvalue weighted by molar-refractivity contribution is 0.0354. The molecule has 0 spiro atoms. The number of likely N-dealkylation sites (tertiary alicyclic amines) is 1. The first kappa shape index (κ1) is 23.1. The van der Waals surface area contributed by atoms with Crippen LogP contribution >= 0.6 is 15.9 Å². The molecule has 0 aliphatic carbocycles.